The lowest BCUT2D eigenvalue weighted by Gasteiger charge is -2.18. The van der Waals surface area contributed by atoms with Crippen molar-refractivity contribution in [1.29, 1.82) is 0 Å². The molecule has 112 valence electrons. The van der Waals surface area contributed by atoms with E-state index in [9.17, 15) is 8.42 Å². The van der Waals surface area contributed by atoms with Crippen molar-refractivity contribution in [2.24, 2.45) is 0 Å². The highest BCUT2D eigenvalue weighted by Gasteiger charge is 2.25. The van der Waals surface area contributed by atoms with Crippen LogP contribution in [-0.2, 0) is 16.6 Å². The van der Waals surface area contributed by atoms with Crippen molar-refractivity contribution in [3.05, 3.63) is 35.5 Å². The highest BCUT2D eigenvalue weighted by Crippen LogP contribution is 2.22. The zero-order chi connectivity index (χ0) is 14.7. The van der Waals surface area contributed by atoms with Gasteiger partial charge in [-0.2, -0.15) is 4.98 Å². The third kappa shape index (κ3) is 3.39. The van der Waals surface area contributed by atoms with Crippen LogP contribution in [0.2, 0.25) is 0 Å². The van der Waals surface area contributed by atoms with Gasteiger partial charge in [-0.1, -0.05) is 23.4 Å². The summed E-state index contributed by atoms with van der Waals surface area (Å²) in [7, 11) is -3.35. The van der Waals surface area contributed by atoms with Gasteiger partial charge in [0, 0.05) is 0 Å². The summed E-state index contributed by atoms with van der Waals surface area (Å²) < 4.78 is 32.0. The fourth-order valence-corrected chi connectivity index (χ4v) is 4.18. The summed E-state index contributed by atoms with van der Waals surface area (Å²) in [5.74, 6) is 0.758. The maximum absolute atomic E-state index is 12.2. The molecule has 6 nitrogen and oxygen atoms in total. The van der Waals surface area contributed by atoms with Gasteiger partial charge in [0.15, 0.2) is 5.82 Å². The number of hydrogen-bond acceptors (Lipinski definition) is 6. The van der Waals surface area contributed by atoms with Crippen molar-refractivity contribution in [2.45, 2.75) is 31.1 Å². The lowest BCUT2D eigenvalue weighted by atomic mass is 10.1. The van der Waals surface area contributed by atoms with Gasteiger partial charge in [-0.15, -0.1) is 11.3 Å². The zero-order valence-corrected chi connectivity index (χ0v) is 12.9. The van der Waals surface area contributed by atoms with Gasteiger partial charge >= 0.3 is 0 Å². The second kappa shape index (κ2) is 6.08. The SMILES string of the molecule is O=S(=O)(NCc1noc(-c2cccs2)n1)C1CC=CCC1. The maximum atomic E-state index is 12.2. The first-order valence-electron chi connectivity index (χ1n) is 6.65. The smallest absolute Gasteiger partial charge is 0.268 e. The Hall–Kier alpha value is -1.51. The Kier molecular flexibility index (Phi) is 4.18. The van der Waals surface area contributed by atoms with Crippen molar-refractivity contribution >= 4 is 21.4 Å². The summed E-state index contributed by atoms with van der Waals surface area (Å²) in [5.41, 5.74) is 0. The van der Waals surface area contributed by atoms with Gasteiger partial charge < -0.3 is 4.52 Å². The summed E-state index contributed by atoms with van der Waals surface area (Å²) in [6, 6.07) is 3.77. The molecular weight excluding hydrogens is 310 g/mol. The van der Waals surface area contributed by atoms with E-state index in [-0.39, 0.29) is 11.8 Å². The van der Waals surface area contributed by atoms with E-state index >= 15 is 0 Å². The number of sulfonamides is 1. The molecule has 0 saturated heterocycles. The van der Waals surface area contributed by atoms with Crippen molar-refractivity contribution in [2.75, 3.05) is 0 Å². The Morgan fingerprint density at radius 2 is 2.33 bits per heavy atom. The first-order valence-corrected chi connectivity index (χ1v) is 9.08. The van der Waals surface area contributed by atoms with Crippen LogP contribution in [0.15, 0.2) is 34.2 Å². The Labute approximate surface area is 126 Å². The first kappa shape index (κ1) is 14.4. The minimum absolute atomic E-state index is 0.0530. The summed E-state index contributed by atoms with van der Waals surface area (Å²) in [6.07, 6.45) is 5.94. The van der Waals surface area contributed by atoms with E-state index in [1.807, 2.05) is 29.7 Å². The fourth-order valence-electron chi connectivity index (χ4n) is 2.16. The van der Waals surface area contributed by atoms with Crippen molar-refractivity contribution in [3.63, 3.8) is 0 Å². The Morgan fingerprint density at radius 3 is 3.05 bits per heavy atom. The van der Waals surface area contributed by atoms with Crippen LogP contribution >= 0.6 is 11.3 Å². The Balaban J connectivity index is 1.63. The van der Waals surface area contributed by atoms with Crippen LogP contribution in [0, 0.1) is 0 Å². The number of thiophene rings is 1. The van der Waals surface area contributed by atoms with E-state index in [1.165, 1.54) is 11.3 Å². The molecule has 21 heavy (non-hydrogen) atoms. The predicted octanol–water partition coefficient (Wildman–Crippen LogP) is 2.33. The predicted molar refractivity (Wildman–Crippen MR) is 80.1 cm³/mol. The largest absolute Gasteiger partial charge is 0.333 e. The van der Waals surface area contributed by atoms with Gasteiger partial charge in [0.2, 0.25) is 10.0 Å². The van der Waals surface area contributed by atoms with E-state index in [0.29, 0.717) is 24.6 Å². The zero-order valence-electron chi connectivity index (χ0n) is 11.2. The molecule has 1 unspecified atom stereocenters. The summed E-state index contributed by atoms with van der Waals surface area (Å²) in [4.78, 5) is 5.06. The van der Waals surface area contributed by atoms with Gasteiger partial charge in [0.25, 0.3) is 5.89 Å². The number of aromatic nitrogens is 2. The van der Waals surface area contributed by atoms with Crippen LogP contribution in [0.25, 0.3) is 10.8 Å². The molecule has 2 aromatic rings. The quantitative estimate of drug-likeness (QED) is 0.853. The van der Waals surface area contributed by atoms with Crippen LogP contribution in [0.1, 0.15) is 25.1 Å². The molecule has 1 aliphatic rings. The Morgan fingerprint density at radius 1 is 1.43 bits per heavy atom. The molecule has 0 saturated carbocycles. The monoisotopic (exact) mass is 325 g/mol. The van der Waals surface area contributed by atoms with Gasteiger partial charge in [-0.3, -0.25) is 0 Å². The van der Waals surface area contributed by atoms with E-state index < -0.39 is 10.0 Å². The van der Waals surface area contributed by atoms with Gasteiger partial charge in [0.05, 0.1) is 16.7 Å². The van der Waals surface area contributed by atoms with E-state index in [0.717, 1.165) is 11.3 Å². The van der Waals surface area contributed by atoms with Gasteiger partial charge in [-0.05, 0) is 30.7 Å². The second-order valence-electron chi connectivity index (χ2n) is 4.77. The molecule has 0 amide bonds. The topological polar surface area (TPSA) is 85.1 Å². The number of nitrogens with one attached hydrogen (secondary N) is 1. The van der Waals surface area contributed by atoms with Crippen molar-refractivity contribution < 1.29 is 12.9 Å². The lowest BCUT2D eigenvalue weighted by Crippen LogP contribution is -2.34. The standard InChI is InChI=1S/C13H15N3O3S2/c17-21(18,10-5-2-1-3-6-10)14-9-12-15-13(19-16-12)11-7-4-8-20-11/h1-2,4,7-8,10,14H,3,5-6,9H2. The summed E-state index contributed by atoms with van der Waals surface area (Å²) in [5, 5.41) is 5.35. The number of hydrogen-bond donors (Lipinski definition) is 1. The molecule has 0 spiro atoms. The lowest BCUT2D eigenvalue weighted by molar-refractivity contribution is 0.422. The maximum Gasteiger partial charge on any atom is 0.268 e. The van der Waals surface area contributed by atoms with Crippen LogP contribution in [0.5, 0.6) is 0 Å². The average molecular weight is 325 g/mol. The van der Waals surface area contributed by atoms with Crippen LogP contribution in [0.3, 0.4) is 0 Å². The van der Waals surface area contributed by atoms with Crippen LogP contribution in [0.4, 0.5) is 0 Å². The molecule has 0 radical (unpaired) electrons. The third-order valence-corrected chi connectivity index (χ3v) is 6.00. The van der Waals surface area contributed by atoms with Crippen molar-refractivity contribution in [3.8, 4) is 10.8 Å². The molecule has 0 fully saturated rings. The molecule has 1 atom stereocenters. The molecular formula is C13H15N3O3S2. The number of nitrogens with zero attached hydrogens (tertiary/aromatic N) is 2. The molecule has 8 heteroatoms. The molecule has 2 aromatic heterocycles. The normalized spacial score (nSPS) is 19.0. The first-order chi connectivity index (χ1) is 10.1. The van der Waals surface area contributed by atoms with Crippen molar-refractivity contribution in [1.82, 2.24) is 14.9 Å². The Bertz CT molecular complexity index is 720. The fraction of sp³-hybridized carbons (Fsp3) is 0.385. The minimum atomic E-state index is -3.35. The van der Waals surface area contributed by atoms with Gasteiger partial charge in [0.1, 0.15) is 0 Å². The number of rotatable bonds is 5. The number of allylic oxidation sites excluding steroid dienone is 2. The van der Waals surface area contributed by atoms with Crippen LogP contribution in [-0.4, -0.2) is 23.8 Å². The highest BCUT2D eigenvalue weighted by molar-refractivity contribution is 7.90. The minimum Gasteiger partial charge on any atom is -0.333 e. The molecule has 1 aliphatic carbocycles. The molecule has 1 N–H and O–H groups in total. The highest BCUT2D eigenvalue weighted by atomic mass is 32.2. The average Bonchev–Trinajstić information content (AvgIpc) is 3.17. The van der Waals surface area contributed by atoms with E-state index in [4.69, 9.17) is 4.52 Å². The molecule has 3 rings (SSSR count). The molecule has 0 aromatic carbocycles. The van der Waals surface area contributed by atoms with Gasteiger partial charge in [-0.25, -0.2) is 13.1 Å². The molecule has 0 aliphatic heterocycles. The summed E-state index contributed by atoms with van der Waals surface area (Å²) in [6.45, 7) is 0.0530. The van der Waals surface area contributed by atoms with Crippen LogP contribution < -0.4 is 4.72 Å². The third-order valence-electron chi connectivity index (χ3n) is 3.29. The summed E-state index contributed by atoms with van der Waals surface area (Å²) >= 11 is 1.49. The molecule has 0 bridgehead atoms. The second-order valence-corrected chi connectivity index (χ2v) is 7.76. The van der Waals surface area contributed by atoms with E-state index in [1.54, 1.807) is 0 Å². The van der Waals surface area contributed by atoms with E-state index in [2.05, 4.69) is 14.9 Å². The molecule has 2 heterocycles.